The molecule has 0 atom stereocenters. The molecule has 0 bridgehead atoms. The van der Waals surface area contributed by atoms with Gasteiger partial charge in [0.2, 0.25) is 0 Å². The molecule has 0 saturated heterocycles. The van der Waals surface area contributed by atoms with Crippen LogP contribution in [0.15, 0.2) is 36.4 Å². The predicted molar refractivity (Wildman–Crippen MR) is 73.7 cm³/mol. The Balaban J connectivity index is 2.31. The van der Waals surface area contributed by atoms with Crippen LogP contribution in [-0.4, -0.2) is 6.04 Å². The van der Waals surface area contributed by atoms with Gasteiger partial charge in [-0.3, -0.25) is 0 Å². The van der Waals surface area contributed by atoms with E-state index in [9.17, 15) is 13.2 Å². The standard InChI is InChI=1S/C16H16F3N/c1-10(2)20-9-12-7-6-11(8-15(12)18)13-4-3-5-14(17)16(13)19/h3-8,10,20H,9H2,1-2H3. The second-order valence-corrected chi connectivity index (χ2v) is 4.94. The molecular formula is C16H16F3N. The summed E-state index contributed by atoms with van der Waals surface area (Å²) < 4.78 is 40.8. The molecule has 1 nitrogen and oxygen atoms in total. The normalized spacial score (nSPS) is 11.1. The van der Waals surface area contributed by atoms with Crippen molar-refractivity contribution in [3.63, 3.8) is 0 Å². The fourth-order valence-electron chi connectivity index (χ4n) is 1.90. The van der Waals surface area contributed by atoms with Crippen molar-refractivity contribution in [3.8, 4) is 11.1 Å². The van der Waals surface area contributed by atoms with Gasteiger partial charge < -0.3 is 5.32 Å². The number of nitrogens with one attached hydrogen (secondary N) is 1. The summed E-state index contributed by atoms with van der Waals surface area (Å²) in [6.07, 6.45) is 0. The van der Waals surface area contributed by atoms with E-state index >= 15 is 0 Å². The molecule has 0 unspecified atom stereocenters. The Morgan fingerprint density at radius 2 is 1.75 bits per heavy atom. The van der Waals surface area contributed by atoms with Crippen molar-refractivity contribution in [2.24, 2.45) is 0 Å². The molecule has 0 radical (unpaired) electrons. The first kappa shape index (κ1) is 14.6. The molecule has 2 aromatic rings. The fourth-order valence-corrected chi connectivity index (χ4v) is 1.90. The first-order valence-corrected chi connectivity index (χ1v) is 6.45. The summed E-state index contributed by atoms with van der Waals surface area (Å²) >= 11 is 0. The van der Waals surface area contributed by atoms with Crippen LogP contribution in [0.1, 0.15) is 19.4 Å². The molecule has 106 valence electrons. The van der Waals surface area contributed by atoms with Crippen LogP contribution < -0.4 is 5.32 Å². The minimum Gasteiger partial charge on any atom is -0.310 e. The van der Waals surface area contributed by atoms with E-state index in [1.165, 1.54) is 18.2 Å². The van der Waals surface area contributed by atoms with Crippen LogP contribution in [0.25, 0.3) is 11.1 Å². The van der Waals surface area contributed by atoms with Crippen LogP contribution in [0.5, 0.6) is 0 Å². The van der Waals surface area contributed by atoms with Crippen molar-refractivity contribution in [1.29, 1.82) is 0 Å². The Hall–Kier alpha value is -1.81. The molecule has 0 aliphatic rings. The van der Waals surface area contributed by atoms with Gasteiger partial charge in [-0.25, -0.2) is 13.2 Å². The summed E-state index contributed by atoms with van der Waals surface area (Å²) in [4.78, 5) is 0. The van der Waals surface area contributed by atoms with Crippen LogP contribution in [0.2, 0.25) is 0 Å². The average molecular weight is 279 g/mol. The van der Waals surface area contributed by atoms with Gasteiger partial charge in [-0.2, -0.15) is 0 Å². The fraction of sp³-hybridized carbons (Fsp3) is 0.250. The smallest absolute Gasteiger partial charge is 0.166 e. The largest absolute Gasteiger partial charge is 0.310 e. The van der Waals surface area contributed by atoms with E-state index in [-0.39, 0.29) is 11.6 Å². The molecule has 20 heavy (non-hydrogen) atoms. The summed E-state index contributed by atoms with van der Waals surface area (Å²) in [5.41, 5.74) is 0.888. The van der Waals surface area contributed by atoms with E-state index in [0.29, 0.717) is 17.7 Å². The summed E-state index contributed by atoms with van der Waals surface area (Å²) in [6.45, 7) is 4.33. The van der Waals surface area contributed by atoms with Gasteiger partial charge in [-0.15, -0.1) is 0 Å². The summed E-state index contributed by atoms with van der Waals surface area (Å²) in [5.74, 6) is -2.33. The van der Waals surface area contributed by atoms with Crippen LogP contribution in [0.3, 0.4) is 0 Å². The zero-order valence-electron chi connectivity index (χ0n) is 11.4. The Labute approximate surface area is 116 Å². The van der Waals surface area contributed by atoms with Crippen molar-refractivity contribution in [3.05, 3.63) is 59.4 Å². The van der Waals surface area contributed by atoms with Crippen molar-refractivity contribution in [1.82, 2.24) is 5.32 Å². The predicted octanol–water partition coefficient (Wildman–Crippen LogP) is 4.27. The highest BCUT2D eigenvalue weighted by Gasteiger charge is 2.11. The van der Waals surface area contributed by atoms with E-state index in [2.05, 4.69) is 5.32 Å². The Morgan fingerprint density at radius 1 is 1.00 bits per heavy atom. The Kier molecular flexibility index (Phi) is 4.45. The van der Waals surface area contributed by atoms with Crippen molar-refractivity contribution >= 4 is 0 Å². The van der Waals surface area contributed by atoms with E-state index in [1.54, 1.807) is 12.1 Å². The molecule has 0 saturated carbocycles. The third kappa shape index (κ3) is 3.20. The molecule has 1 N–H and O–H groups in total. The van der Waals surface area contributed by atoms with Crippen molar-refractivity contribution < 1.29 is 13.2 Å². The molecule has 0 amide bonds. The second kappa shape index (κ2) is 6.09. The van der Waals surface area contributed by atoms with Crippen LogP contribution in [0.4, 0.5) is 13.2 Å². The molecule has 0 aromatic heterocycles. The monoisotopic (exact) mass is 279 g/mol. The SMILES string of the molecule is CC(C)NCc1ccc(-c2cccc(F)c2F)cc1F. The maximum Gasteiger partial charge on any atom is 0.166 e. The molecule has 0 aliphatic carbocycles. The third-order valence-electron chi connectivity index (χ3n) is 3.02. The number of benzene rings is 2. The Bertz CT molecular complexity index is 609. The van der Waals surface area contributed by atoms with E-state index < -0.39 is 17.5 Å². The summed E-state index contributed by atoms with van der Waals surface area (Å²) in [7, 11) is 0. The van der Waals surface area contributed by atoms with Crippen LogP contribution in [0, 0.1) is 17.5 Å². The first-order chi connectivity index (χ1) is 9.49. The lowest BCUT2D eigenvalue weighted by atomic mass is 10.0. The lowest BCUT2D eigenvalue weighted by molar-refractivity contribution is 0.511. The minimum atomic E-state index is -0.958. The zero-order chi connectivity index (χ0) is 14.7. The highest BCUT2D eigenvalue weighted by molar-refractivity contribution is 5.64. The number of halogens is 3. The molecule has 2 aromatic carbocycles. The number of rotatable bonds is 4. The van der Waals surface area contributed by atoms with Gasteiger partial charge in [0.25, 0.3) is 0 Å². The van der Waals surface area contributed by atoms with Gasteiger partial charge in [0.15, 0.2) is 11.6 Å². The molecule has 0 heterocycles. The molecule has 0 spiro atoms. The molecule has 0 fully saturated rings. The quantitative estimate of drug-likeness (QED) is 0.881. The minimum absolute atomic E-state index is 0.0623. The zero-order valence-corrected chi connectivity index (χ0v) is 11.4. The van der Waals surface area contributed by atoms with Gasteiger partial charge in [0, 0.05) is 23.7 Å². The molecular weight excluding hydrogens is 263 g/mol. The van der Waals surface area contributed by atoms with Gasteiger partial charge in [-0.05, 0) is 17.7 Å². The lowest BCUT2D eigenvalue weighted by Crippen LogP contribution is -2.22. The van der Waals surface area contributed by atoms with Gasteiger partial charge in [0.1, 0.15) is 5.82 Å². The highest BCUT2D eigenvalue weighted by atomic mass is 19.2. The van der Waals surface area contributed by atoms with E-state index in [1.807, 2.05) is 13.8 Å². The van der Waals surface area contributed by atoms with Crippen molar-refractivity contribution in [2.45, 2.75) is 26.4 Å². The maximum absolute atomic E-state index is 14.0. The summed E-state index contributed by atoms with van der Waals surface area (Å²) in [6, 6.07) is 8.53. The average Bonchev–Trinajstić information content (AvgIpc) is 2.40. The second-order valence-electron chi connectivity index (χ2n) is 4.94. The van der Waals surface area contributed by atoms with E-state index in [4.69, 9.17) is 0 Å². The van der Waals surface area contributed by atoms with Crippen LogP contribution >= 0.6 is 0 Å². The highest BCUT2D eigenvalue weighted by Crippen LogP contribution is 2.26. The Morgan fingerprint density at radius 3 is 2.40 bits per heavy atom. The lowest BCUT2D eigenvalue weighted by Gasteiger charge is -2.10. The van der Waals surface area contributed by atoms with Gasteiger partial charge >= 0.3 is 0 Å². The van der Waals surface area contributed by atoms with Gasteiger partial charge in [-0.1, -0.05) is 38.1 Å². The van der Waals surface area contributed by atoms with Crippen molar-refractivity contribution in [2.75, 3.05) is 0 Å². The molecule has 2 rings (SSSR count). The summed E-state index contributed by atoms with van der Waals surface area (Å²) in [5, 5.41) is 3.11. The molecule has 4 heteroatoms. The maximum atomic E-state index is 14.0. The van der Waals surface area contributed by atoms with E-state index in [0.717, 1.165) is 6.07 Å². The topological polar surface area (TPSA) is 12.0 Å². The van der Waals surface area contributed by atoms with Gasteiger partial charge in [0.05, 0.1) is 0 Å². The van der Waals surface area contributed by atoms with Crippen LogP contribution in [-0.2, 0) is 6.54 Å². The first-order valence-electron chi connectivity index (χ1n) is 6.45. The molecule has 0 aliphatic heterocycles. The third-order valence-corrected chi connectivity index (χ3v) is 3.02. The number of hydrogen-bond donors (Lipinski definition) is 1. The number of hydrogen-bond acceptors (Lipinski definition) is 1.